The molecule has 0 saturated carbocycles. The lowest BCUT2D eigenvalue weighted by atomic mass is 9.80. The highest BCUT2D eigenvalue weighted by atomic mass is 16.6. The van der Waals surface area contributed by atoms with Crippen LogP contribution < -0.4 is 28.4 Å². The number of piperazine rings is 1. The molecule has 0 unspecified atom stereocenters. The molecule has 11 heteroatoms. The van der Waals surface area contributed by atoms with Gasteiger partial charge in [-0.05, 0) is 37.5 Å². The molecule has 3 aromatic carbocycles. The highest BCUT2D eigenvalue weighted by molar-refractivity contribution is 5.93. The molecule has 2 aliphatic heterocycles. The van der Waals surface area contributed by atoms with Crippen molar-refractivity contribution in [3.63, 3.8) is 0 Å². The van der Waals surface area contributed by atoms with Gasteiger partial charge in [0.1, 0.15) is 23.6 Å². The molecule has 11 nitrogen and oxygen atoms in total. The van der Waals surface area contributed by atoms with Crippen LogP contribution in [0.5, 0.6) is 34.5 Å². The van der Waals surface area contributed by atoms with Gasteiger partial charge in [0.25, 0.3) is 0 Å². The molecule has 0 aliphatic carbocycles. The van der Waals surface area contributed by atoms with Crippen LogP contribution in [0.4, 0.5) is 4.79 Å². The largest absolute Gasteiger partial charge is 0.496 e. The van der Waals surface area contributed by atoms with Crippen LogP contribution >= 0.6 is 0 Å². The second-order valence-electron chi connectivity index (χ2n) is 12.5. The van der Waals surface area contributed by atoms with E-state index in [2.05, 4.69) is 0 Å². The van der Waals surface area contributed by atoms with Gasteiger partial charge in [-0.3, -0.25) is 9.69 Å². The van der Waals surface area contributed by atoms with Gasteiger partial charge in [-0.25, -0.2) is 4.79 Å². The Balaban J connectivity index is 1.90. The van der Waals surface area contributed by atoms with Crippen LogP contribution in [0.3, 0.4) is 0 Å². The van der Waals surface area contributed by atoms with E-state index in [-0.39, 0.29) is 31.4 Å². The van der Waals surface area contributed by atoms with Gasteiger partial charge in [-0.15, -0.1) is 0 Å². The van der Waals surface area contributed by atoms with E-state index in [9.17, 15) is 9.59 Å². The van der Waals surface area contributed by atoms with Crippen molar-refractivity contribution in [2.24, 2.45) is 5.92 Å². The van der Waals surface area contributed by atoms with E-state index in [1.165, 1.54) is 4.90 Å². The van der Waals surface area contributed by atoms with Crippen LogP contribution in [0.15, 0.2) is 42.1 Å². The lowest BCUT2D eigenvalue weighted by molar-refractivity contribution is -0.141. The molecule has 2 heterocycles. The van der Waals surface area contributed by atoms with E-state index in [4.69, 9.17) is 33.2 Å². The fourth-order valence-corrected chi connectivity index (χ4v) is 7.02. The number of carbonyl (C=O) groups excluding carboxylic acids is 2. The van der Waals surface area contributed by atoms with Gasteiger partial charge in [-0.2, -0.15) is 0 Å². The molecule has 0 N–H and O–H groups in total. The quantitative estimate of drug-likeness (QED) is 0.226. The lowest BCUT2D eigenvalue weighted by Gasteiger charge is -2.51. The lowest BCUT2D eigenvalue weighted by Crippen LogP contribution is -2.61. The summed E-state index contributed by atoms with van der Waals surface area (Å²) in [6, 6.07) is 9.78. The van der Waals surface area contributed by atoms with Gasteiger partial charge < -0.3 is 38.1 Å². The molecule has 2 bridgehead atoms. The summed E-state index contributed by atoms with van der Waals surface area (Å²) in [5, 5.41) is 0. The Hall–Kier alpha value is -5.06. The number of rotatable bonds is 11. The topological polar surface area (TPSA) is 105 Å². The zero-order valence-electron chi connectivity index (χ0n) is 30.0. The molecule has 0 radical (unpaired) electrons. The van der Waals surface area contributed by atoms with E-state index < -0.39 is 18.2 Å². The van der Waals surface area contributed by atoms with Gasteiger partial charge >= 0.3 is 6.09 Å². The maximum absolute atomic E-state index is 14.9. The van der Waals surface area contributed by atoms with Gasteiger partial charge in [0, 0.05) is 39.9 Å². The third-order valence-electron chi connectivity index (χ3n) is 9.09. The predicted molar refractivity (Wildman–Crippen MR) is 185 cm³/mol. The Morgan fingerprint density at radius 2 is 1.45 bits per heavy atom. The number of ether oxygens (including phenoxy) is 7. The first kappa shape index (κ1) is 35.3. The SMILES string of the molecule is COc1cc(/C=C2\[C@H]3c4c(c(OC)c(C)c(OC)c4OC)C[C@@H](C(=O)N2Cc2ccccc2)N3C(=O)OCC(C)C)c(OC)c(C)c1OC. The highest BCUT2D eigenvalue weighted by Crippen LogP contribution is 2.55. The molecular formula is C38H46N2O9. The maximum Gasteiger partial charge on any atom is 0.411 e. The maximum atomic E-state index is 14.9. The Morgan fingerprint density at radius 1 is 0.837 bits per heavy atom. The Kier molecular flexibility index (Phi) is 10.5. The van der Waals surface area contributed by atoms with Gasteiger partial charge in [0.2, 0.25) is 5.91 Å². The van der Waals surface area contributed by atoms with Gasteiger partial charge in [0.15, 0.2) is 23.0 Å². The molecule has 2 aliphatic rings. The second kappa shape index (κ2) is 14.6. The summed E-state index contributed by atoms with van der Waals surface area (Å²) < 4.78 is 41.2. The number of carbonyl (C=O) groups is 2. The summed E-state index contributed by atoms with van der Waals surface area (Å²) in [4.78, 5) is 32.4. The first-order valence-electron chi connectivity index (χ1n) is 16.2. The van der Waals surface area contributed by atoms with E-state index >= 15 is 0 Å². The minimum Gasteiger partial charge on any atom is -0.496 e. The Bertz CT molecular complexity index is 1750. The molecule has 1 saturated heterocycles. The molecule has 49 heavy (non-hydrogen) atoms. The van der Waals surface area contributed by atoms with E-state index in [0.717, 1.165) is 16.7 Å². The Labute approximate surface area is 288 Å². The normalized spacial score (nSPS) is 17.5. The number of amides is 2. The van der Waals surface area contributed by atoms with Crippen LogP contribution in [0.25, 0.3) is 6.08 Å². The smallest absolute Gasteiger partial charge is 0.411 e. The second-order valence-corrected chi connectivity index (χ2v) is 12.5. The van der Waals surface area contributed by atoms with Crippen LogP contribution in [0.1, 0.15) is 53.3 Å². The summed E-state index contributed by atoms with van der Waals surface area (Å²) in [6.07, 6.45) is 1.44. The number of hydrogen-bond donors (Lipinski definition) is 0. The zero-order chi connectivity index (χ0) is 35.6. The number of nitrogens with zero attached hydrogens (tertiary/aromatic N) is 2. The summed E-state index contributed by atoms with van der Waals surface area (Å²) in [5.41, 5.74) is 4.87. The molecule has 2 atom stereocenters. The zero-order valence-corrected chi connectivity index (χ0v) is 30.0. The molecule has 5 rings (SSSR count). The molecule has 262 valence electrons. The van der Waals surface area contributed by atoms with E-state index in [1.807, 2.05) is 64.1 Å². The standard InChI is InChI=1S/C38H46N2O9/c1-21(2)20-49-38(42)40-28-18-26-30(36(48-10)35(47-9)23(4)33(26)45-7)31(40)27(39(37(28)41)19-24-14-12-11-13-15-24)16-25-17-29(43-5)34(46-8)22(3)32(25)44-6/h11-17,21,28,31H,18-20H2,1-10H3/b27-16+/t28-,31-/m0/s1. The highest BCUT2D eigenvalue weighted by Gasteiger charge is 2.54. The summed E-state index contributed by atoms with van der Waals surface area (Å²) >= 11 is 0. The van der Waals surface area contributed by atoms with Gasteiger partial charge in [-0.1, -0.05) is 44.2 Å². The fraction of sp³-hybridized carbons (Fsp3) is 0.421. The Morgan fingerprint density at radius 3 is 2.02 bits per heavy atom. The van der Waals surface area contributed by atoms with Crippen molar-refractivity contribution < 1.29 is 42.7 Å². The molecule has 1 fully saturated rings. The fourth-order valence-electron chi connectivity index (χ4n) is 7.02. The third-order valence-corrected chi connectivity index (χ3v) is 9.09. The van der Waals surface area contributed by atoms with Crippen LogP contribution in [0.2, 0.25) is 0 Å². The summed E-state index contributed by atoms with van der Waals surface area (Å²) in [5.74, 6) is 2.83. The monoisotopic (exact) mass is 674 g/mol. The van der Waals surface area contributed by atoms with Crippen LogP contribution in [0, 0.1) is 19.8 Å². The van der Waals surface area contributed by atoms with E-state index in [1.54, 1.807) is 53.6 Å². The minimum absolute atomic E-state index is 0.0811. The van der Waals surface area contributed by atoms with Crippen molar-refractivity contribution in [3.8, 4) is 34.5 Å². The van der Waals surface area contributed by atoms with Crippen molar-refractivity contribution in [3.05, 3.63) is 75.5 Å². The van der Waals surface area contributed by atoms with Crippen LogP contribution in [-0.2, 0) is 22.5 Å². The number of hydrogen-bond acceptors (Lipinski definition) is 9. The molecular weight excluding hydrogens is 628 g/mol. The molecule has 0 aromatic heterocycles. The van der Waals surface area contributed by atoms with Crippen molar-refractivity contribution >= 4 is 18.1 Å². The van der Waals surface area contributed by atoms with Crippen LogP contribution in [-0.4, -0.2) is 77.1 Å². The third kappa shape index (κ3) is 6.18. The average molecular weight is 675 g/mol. The summed E-state index contributed by atoms with van der Waals surface area (Å²) in [7, 11) is 9.43. The first-order chi connectivity index (χ1) is 23.6. The summed E-state index contributed by atoms with van der Waals surface area (Å²) in [6.45, 7) is 8.12. The molecule has 0 spiro atoms. The molecule has 2 amide bonds. The van der Waals surface area contributed by atoms with Crippen molar-refractivity contribution in [1.29, 1.82) is 0 Å². The predicted octanol–water partition coefficient (Wildman–Crippen LogP) is 6.50. The van der Waals surface area contributed by atoms with Crippen molar-refractivity contribution in [1.82, 2.24) is 9.80 Å². The molecule has 3 aromatic rings. The van der Waals surface area contributed by atoms with Crippen molar-refractivity contribution in [2.45, 2.75) is 52.7 Å². The number of methoxy groups -OCH3 is 6. The van der Waals surface area contributed by atoms with Gasteiger partial charge in [0.05, 0.1) is 55.8 Å². The average Bonchev–Trinajstić information content (AvgIpc) is 3.10. The number of benzene rings is 3. The van der Waals surface area contributed by atoms with Crippen molar-refractivity contribution in [2.75, 3.05) is 49.3 Å². The van der Waals surface area contributed by atoms with E-state index in [0.29, 0.717) is 56.9 Å². The first-order valence-corrected chi connectivity index (χ1v) is 16.2. The number of fused-ring (bicyclic) bond motifs is 4. The minimum atomic E-state index is -0.890.